The van der Waals surface area contributed by atoms with Gasteiger partial charge in [-0.1, -0.05) is 32.9 Å². The molecule has 6 heteroatoms. The van der Waals surface area contributed by atoms with Crippen molar-refractivity contribution >= 4 is 17.5 Å². The van der Waals surface area contributed by atoms with Crippen LogP contribution in [0.15, 0.2) is 36.7 Å². The second kappa shape index (κ2) is 7.19. The molecule has 2 heterocycles. The van der Waals surface area contributed by atoms with E-state index in [-0.39, 0.29) is 11.3 Å². The van der Waals surface area contributed by atoms with Crippen molar-refractivity contribution in [1.29, 1.82) is 0 Å². The standard InChI is InChI=1S/C19H24N4O2/c1-19(2,3)15-6-4-14(5-7-15)17(24)22-16-12-20-18(21-13-16)23-8-10-25-11-9-23/h4-7,12-13H,8-11H2,1-3H3,(H,22,24). The predicted molar refractivity (Wildman–Crippen MR) is 98.2 cm³/mol. The summed E-state index contributed by atoms with van der Waals surface area (Å²) in [6.07, 6.45) is 3.28. The lowest BCUT2D eigenvalue weighted by atomic mass is 9.87. The van der Waals surface area contributed by atoms with E-state index in [2.05, 4.69) is 41.0 Å². The third-order valence-electron chi connectivity index (χ3n) is 4.20. The lowest BCUT2D eigenvalue weighted by Gasteiger charge is -2.26. The molecule has 1 N–H and O–H groups in total. The minimum absolute atomic E-state index is 0.0676. The van der Waals surface area contributed by atoms with Crippen LogP contribution in [0.3, 0.4) is 0 Å². The summed E-state index contributed by atoms with van der Waals surface area (Å²) in [5.74, 6) is 0.499. The van der Waals surface area contributed by atoms with Gasteiger partial charge in [-0.05, 0) is 23.1 Å². The van der Waals surface area contributed by atoms with Crippen LogP contribution in [0.4, 0.5) is 11.6 Å². The number of morpholine rings is 1. The topological polar surface area (TPSA) is 67.4 Å². The number of carbonyl (C=O) groups excluding carboxylic acids is 1. The van der Waals surface area contributed by atoms with Gasteiger partial charge in [-0.2, -0.15) is 0 Å². The predicted octanol–water partition coefficient (Wildman–Crippen LogP) is 2.86. The van der Waals surface area contributed by atoms with Crippen molar-refractivity contribution in [2.75, 3.05) is 36.5 Å². The molecule has 25 heavy (non-hydrogen) atoms. The Balaban J connectivity index is 1.64. The number of ether oxygens (including phenoxy) is 1. The molecule has 0 spiro atoms. The van der Waals surface area contributed by atoms with Crippen LogP contribution in [0.1, 0.15) is 36.7 Å². The number of carbonyl (C=O) groups is 1. The molecule has 0 unspecified atom stereocenters. The van der Waals surface area contributed by atoms with Crippen molar-refractivity contribution < 1.29 is 9.53 Å². The first-order chi connectivity index (χ1) is 11.9. The average molecular weight is 340 g/mol. The second-order valence-electron chi connectivity index (χ2n) is 7.15. The number of nitrogens with one attached hydrogen (secondary N) is 1. The summed E-state index contributed by atoms with van der Waals surface area (Å²) in [4.78, 5) is 23.1. The maximum Gasteiger partial charge on any atom is 0.255 e. The monoisotopic (exact) mass is 340 g/mol. The zero-order valence-electron chi connectivity index (χ0n) is 15.0. The maximum absolute atomic E-state index is 12.4. The third kappa shape index (κ3) is 4.33. The highest BCUT2D eigenvalue weighted by molar-refractivity contribution is 6.04. The van der Waals surface area contributed by atoms with E-state index in [4.69, 9.17) is 4.74 Å². The van der Waals surface area contributed by atoms with Crippen LogP contribution in [-0.4, -0.2) is 42.2 Å². The molecule has 0 saturated carbocycles. The van der Waals surface area contributed by atoms with Crippen LogP contribution in [0.25, 0.3) is 0 Å². The fourth-order valence-electron chi connectivity index (χ4n) is 2.64. The van der Waals surface area contributed by atoms with Gasteiger partial charge in [-0.3, -0.25) is 4.79 Å². The van der Waals surface area contributed by atoms with Crippen LogP contribution in [-0.2, 0) is 10.2 Å². The molecule has 1 aliphatic rings. The van der Waals surface area contributed by atoms with Gasteiger partial charge in [0.25, 0.3) is 5.91 Å². The van der Waals surface area contributed by atoms with E-state index >= 15 is 0 Å². The van der Waals surface area contributed by atoms with Gasteiger partial charge >= 0.3 is 0 Å². The highest BCUT2D eigenvalue weighted by atomic mass is 16.5. The summed E-state index contributed by atoms with van der Waals surface area (Å²) in [7, 11) is 0. The van der Waals surface area contributed by atoms with Gasteiger partial charge in [0, 0.05) is 18.7 Å². The van der Waals surface area contributed by atoms with Crippen molar-refractivity contribution in [2.45, 2.75) is 26.2 Å². The van der Waals surface area contributed by atoms with Crippen molar-refractivity contribution in [3.63, 3.8) is 0 Å². The molecule has 1 aromatic carbocycles. The molecule has 0 aliphatic carbocycles. The number of aromatic nitrogens is 2. The van der Waals surface area contributed by atoms with E-state index < -0.39 is 0 Å². The van der Waals surface area contributed by atoms with E-state index in [1.807, 2.05) is 24.3 Å². The van der Waals surface area contributed by atoms with Crippen molar-refractivity contribution in [3.05, 3.63) is 47.8 Å². The Bertz CT molecular complexity index is 715. The number of amides is 1. The van der Waals surface area contributed by atoms with Crippen molar-refractivity contribution in [1.82, 2.24) is 9.97 Å². The summed E-state index contributed by atoms with van der Waals surface area (Å²) < 4.78 is 5.32. The Morgan fingerprint density at radius 1 is 1.08 bits per heavy atom. The van der Waals surface area contributed by atoms with Gasteiger partial charge in [0.15, 0.2) is 0 Å². The Labute approximate surface area is 148 Å². The van der Waals surface area contributed by atoms with Crippen LogP contribution < -0.4 is 10.2 Å². The van der Waals surface area contributed by atoms with E-state index in [0.29, 0.717) is 30.4 Å². The molecule has 0 bridgehead atoms. The summed E-state index contributed by atoms with van der Waals surface area (Å²) in [6, 6.07) is 7.68. The van der Waals surface area contributed by atoms with Crippen LogP contribution >= 0.6 is 0 Å². The first-order valence-electron chi connectivity index (χ1n) is 8.50. The molecule has 1 aromatic heterocycles. The zero-order valence-corrected chi connectivity index (χ0v) is 15.0. The highest BCUT2D eigenvalue weighted by Gasteiger charge is 2.15. The van der Waals surface area contributed by atoms with Gasteiger partial charge in [0.2, 0.25) is 5.95 Å². The number of hydrogen-bond donors (Lipinski definition) is 1. The lowest BCUT2D eigenvalue weighted by molar-refractivity contribution is 0.102. The second-order valence-corrected chi connectivity index (χ2v) is 7.15. The molecule has 1 amide bonds. The smallest absolute Gasteiger partial charge is 0.255 e. The zero-order chi connectivity index (χ0) is 17.9. The minimum Gasteiger partial charge on any atom is -0.378 e. The summed E-state index contributed by atoms with van der Waals surface area (Å²) in [6.45, 7) is 9.39. The normalized spacial score (nSPS) is 15.1. The van der Waals surface area contributed by atoms with E-state index in [1.54, 1.807) is 12.4 Å². The Hall–Kier alpha value is -2.47. The van der Waals surface area contributed by atoms with E-state index in [9.17, 15) is 4.79 Å². The molecule has 1 aliphatic heterocycles. The molecule has 1 fully saturated rings. The quantitative estimate of drug-likeness (QED) is 0.930. The Kier molecular flexibility index (Phi) is 4.99. The third-order valence-corrected chi connectivity index (χ3v) is 4.20. The number of anilines is 2. The number of nitrogens with zero attached hydrogens (tertiary/aromatic N) is 3. The van der Waals surface area contributed by atoms with Crippen LogP contribution in [0, 0.1) is 0 Å². The number of hydrogen-bond acceptors (Lipinski definition) is 5. The Morgan fingerprint density at radius 3 is 2.24 bits per heavy atom. The van der Waals surface area contributed by atoms with Crippen LogP contribution in [0.2, 0.25) is 0 Å². The largest absolute Gasteiger partial charge is 0.378 e. The summed E-state index contributed by atoms with van der Waals surface area (Å²) in [5, 5.41) is 2.84. The average Bonchev–Trinajstić information content (AvgIpc) is 2.62. The molecule has 132 valence electrons. The number of benzene rings is 1. The highest BCUT2D eigenvalue weighted by Crippen LogP contribution is 2.22. The SMILES string of the molecule is CC(C)(C)c1ccc(C(=O)Nc2cnc(N3CCOCC3)nc2)cc1. The fourth-order valence-corrected chi connectivity index (χ4v) is 2.64. The molecular weight excluding hydrogens is 316 g/mol. The van der Waals surface area contributed by atoms with E-state index in [0.717, 1.165) is 13.1 Å². The Morgan fingerprint density at radius 2 is 1.68 bits per heavy atom. The fraction of sp³-hybridized carbons (Fsp3) is 0.421. The molecule has 1 saturated heterocycles. The first-order valence-corrected chi connectivity index (χ1v) is 8.50. The van der Waals surface area contributed by atoms with Gasteiger partial charge in [-0.15, -0.1) is 0 Å². The van der Waals surface area contributed by atoms with Crippen LogP contribution in [0.5, 0.6) is 0 Å². The lowest BCUT2D eigenvalue weighted by Crippen LogP contribution is -2.37. The molecule has 6 nitrogen and oxygen atoms in total. The van der Waals surface area contributed by atoms with Crippen molar-refractivity contribution in [2.24, 2.45) is 0 Å². The molecule has 0 radical (unpaired) electrons. The minimum atomic E-state index is -0.164. The van der Waals surface area contributed by atoms with Gasteiger partial charge in [-0.25, -0.2) is 9.97 Å². The summed E-state index contributed by atoms with van der Waals surface area (Å²) >= 11 is 0. The molecular formula is C19H24N4O2. The summed E-state index contributed by atoms with van der Waals surface area (Å²) in [5.41, 5.74) is 2.47. The molecule has 2 aromatic rings. The number of rotatable bonds is 3. The van der Waals surface area contributed by atoms with Gasteiger partial charge in [0.05, 0.1) is 31.3 Å². The van der Waals surface area contributed by atoms with Gasteiger partial charge in [0.1, 0.15) is 0 Å². The maximum atomic E-state index is 12.4. The van der Waals surface area contributed by atoms with Gasteiger partial charge < -0.3 is 15.0 Å². The first kappa shape index (κ1) is 17.4. The van der Waals surface area contributed by atoms with Crippen molar-refractivity contribution in [3.8, 4) is 0 Å². The van der Waals surface area contributed by atoms with E-state index in [1.165, 1.54) is 5.56 Å². The molecule has 3 rings (SSSR count). The molecule has 0 atom stereocenters.